The Bertz CT molecular complexity index is 817. The molecule has 0 amide bonds. The molecule has 1 heterocycles. The number of benzene rings is 1. The van der Waals surface area contributed by atoms with E-state index in [1.54, 1.807) is 19.1 Å². The quantitative estimate of drug-likeness (QED) is 0.642. The Balaban J connectivity index is 2.29. The molecule has 1 aromatic heterocycles. The lowest BCUT2D eigenvalue weighted by molar-refractivity contribution is -0.136. The highest BCUT2D eigenvalue weighted by Crippen LogP contribution is 2.25. The number of phenolic OH excluding ortho intramolecular Hbond substituents is 1. The summed E-state index contributed by atoms with van der Waals surface area (Å²) in [6.07, 6.45) is -0.329. The minimum absolute atomic E-state index is 0.115. The number of aryl methyl sites for hydroxylation is 1. The predicted octanol–water partition coefficient (Wildman–Crippen LogP) is 2.92. The van der Waals surface area contributed by atoms with Gasteiger partial charge < -0.3 is 14.9 Å². The minimum atomic E-state index is -1.07. The second-order valence-corrected chi connectivity index (χ2v) is 4.96. The number of azo groups is 1. The van der Waals surface area contributed by atoms with Gasteiger partial charge in [-0.15, -0.1) is 10.2 Å². The third-order valence-electron chi connectivity index (χ3n) is 3.02. The van der Waals surface area contributed by atoms with Crippen LogP contribution in [0, 0.1) is 6.92 Å². The number of rotatable bonds is 5. The molecule has 24 heavy (non-hydrogen) atoms. The van der Waals surface area contributed by atoms with Crippen molar-refractivity contribution in [2.45, 2.75) is 13.3 Å². The van der Waals surface area contributed by atoms with Crippen LogP contribution in [0.3, 0.4) is 0 Å². The average molecular weight is 329 g/mol. The second kappa shape index (κ2) is 7.32. The highest BCUT2D eigenvalue weighted by atomic mass is 16.5. The smallest absolute Gasteiger partial charge is 0.356 e. The Morgan fingerprint density at radius 1 is 1.21 bits per heavy atom. The Morgan fingerprint density at radius 3 is 2.62 bits per heavy atom. The van der Waals surface area contributed by atoms with Crippen molar-refractivity contribution in [1.29, 1.82) is 0 Å². The minimum Gasteiger partial charge on any atom is -0.508 e. The number of esters is 1. The van der Waals surface area contributed by atoms with Crippen molar-refractivity contribution in [3.8, 4) is 5.75 Å². The first-order valence-electron chi connectivity index (χ1n) is 6.91. The van der Waals surface area contributed by atoms with Crippen molar-refractivity contribution in [3.63, 3.8) is 0 Å². The molecule has 2 rings (SSSR count). The molecule has 0 aliphatic heterocycles. The van der Waals surface area contributed by atoms with Crippen molar-refractivity contribution in [3.05, 3.63) is 47.2 Å². The number of aromatic nitrogens is 1. The molecule has 0 saturated carbocycles. The number of carboxylic acid groups (broad SMARTS) is 1. The first-order valence-corrected chi connectivity index (χ1v) is 6.91. The molecule has 8 heteroatoms. The summed E-state index contributed by atoms with van der Waals surface area (Å²) in [6, 6.07) is 7.45. The molecule has 0 atom stereocenters. The third-order valence-corrected chi connectivity index (χ3v) is 3.02. The molecule has 0 aliphatic rings. The van der Waals surface area contributed by atoms with Gasteiger partial charge in [-0.3, -0.25) is 4.79 Å². The Kier molecular flexibility index (Phi) is 5.20. The summed E-state index contributed by atoms with van der Waals surface area (Å²) < 4.78 is 4.62. The van der Waals surface area contributed by atoms with E-state index in [-0.39, 0.29) is 29.2 Å². The van der Waals surface area contributed by atoms with Crippen molar-refractivity contribution < 1.29 is 24.5 Å². The molecule has 0 radical (unpaired) electrons. The molecular weight excluding hydrogens is 314 g/mol. The Labute approximate surface area is 137 Å². The molecule has 1 aromatic carbocycles. The van der Waals surface area contributed by atoms with Gasteiger partial charge in [-0.1, -0.05) is 0 Å². The van der Waals surface area contributed by atoms with E-state index in [1.165, 1.54) is 25.3 Å². The van der Waals surface area contributed by atoms with E-state index >= 15 is 0 Å². The molecule has 0 aliphatic carbocycles. The van der Waals surface area contributed by atoms with E-state index in [1.807, 2.05) is 0 Å². The molecule has 2 aromatic rings. The molecule has 124 valence electrons. The van der Waals surface area contributed by atoms with E-state index in [2.05, 4.69) is 19.9 Å². The fourth-order valence-corrected chi connectivity index (χ4v) is 1.96. The van der Waals surface area contributed by atoms with Crippen LogP contribution in [0.1, 0.15) is 21.6 Å². The van der Waals surface area contributed by atoms with E-state index in [9.17, 15) is 14.7 Å². The maximum Gasteiger partial charge on any atom is 0.356 e. The molecule has 0 saturated heterocycles. The van der Waals surface area contributed by atoms with Gasteiger partial charge >= 0.3 is 11.9 Å². The largest absolute Gasteiger partial charge is 0.508 e. The number of ether oxygens (including phenoxy) is 1. The predicted molar refractivity (Wildman–Crippen MR) is 83.9 cm³/mol. The van der Waals surface area contributed by atoms with Gasteiger partial charge in [-0.2, -0.15) is 0 Å². The third kappa shape index (κ3) is 4.35. The average Bonchev–Trinajstić information content (AvgIpc) is 2.54. The zero-order valence-corrected chi connectivity index (χ0v) is 13.1. The van der Waals surface area contributed by atoms with Gasteiger partial charge in [0.15, 0.2) is 11.5 Å². The van der Waals surface area contributed by atoms with Gasteiger partial charge in [0, 0.05) is 5.56 Å². The summed E-state index contributed by atoms with van der Waals surface area (Å²) in [5, 5.41) is 26.3. The zero-order chi connectivity index (χ0) is 17.7. The maximum absolute atomic E-state index is 11.5. The number of nitrogens with zero attached hydrogens (tertiary/aromatic N) is 3. The Morgan fingerprint density at radius 2 is 1.96 bits per heavy atom. The van der Waals surface area contributed by atoms with Crippen molar-refractivity contribution in [1.82, 2.24) is 4.98 Å². The van der Waals surface area contributed by atoms with Crippen LogP contribution in [0.5, 0.6) is 5.75 Å². The number of pyridine rings is 1. The van der Waals surface area contributed by atoms with Crippen LogP contribution in [-0.2, 0) is 16.0 Å². The lowest BCUT2D eigenvalue weighted by atomic mass is 10.1. The molecule has 2 N–H and O–H groups in total. The zero-order valence-electron chi connectivity index (χ0n) is 13.1. The van der Waals surface area contributed by atoms with Crippen molar-refractivity contribution >= 4 is 23.4 Å². The van der Waals surface area contributed by atoms with Crippen molar-refractivity contribution in [2.24, 2.45) is 10.2 Å². The monoisotopic (exact) mass is 329 g/mol. The van der Waals surface area contributed by atoms with E-state index in [0.717, 1.165) is 5.56 Å². The van der Waals surface area contributed by atoms with Gasteiger partial charge in [0.25, 0.3) is 0 Å². The normalized spacial score (nSPS) is 10.8. The summed E-state index contributed by atoms with van der Waals surface area (Å²) >= 11 is 0. The number of carbonyl (C=O) groups excluding carboxylic acids is 1. The van der Waals surface area contributed by atoms with Gasteiger partial charge in [-0.25, -0.2) is 9.78 Å². The number of aromatic hydroxyl groups is 1. The lowest BCUT2D eigenvalue weighted by Crippen LogP contribution is -2.04. The van der Waals surface area contributed by atoms with Crippen LogP contribution in [0.2, 0.25) is 0 Å². The summed E-state index contributed by atoms with van der Waals surface area (Å²) in [7, 11) is 1.26. The van der Waals surface area contributed by atoms with Gasteiger partial charge in [0.2, 0.25) is 0 Å². The van der Waals surface area contributed by atoms with E-state index in [4.69, 9.17) is 5.11 Å². The molecule has 8 nitrogen and oxygen atoms in total. The lowest BCUT2D eigenvalue weighted by Gasteiger charge is -2.03. The highest BCUT2D eigenvalue weighted by Gasteiger charge is 2.10. The summed E-state index contributed by atoms with van der Waals surface area (Å²) in [4.78, 5) is 26.3. The van der Waals surface area contributed by atoms with Crippen LogP contribution in [0.15, 0.2) is 40.6 Å². The second-order valence-electron chi connectivity index (χ2n) is 4.96. The number of hydrogen-bond donors (Lipinski definition) is 2. The van der Waals surface area contributed by atoms with Crippen LogP contribution < -0.4 is 0 Å². The van der Waals surface area contributed by atoms with Crippen LogP contribution in [-0.4, -0.2) is 34.2 Å². The maximum atomic E-state index is 11.5. The van der Waals surface area contributed by atoms with E-state index in [0.29, 0.717) is 5.69 Å². The topological polar surface area (TPSA) is 121 Å². The SMILES string of the molecule is COC(=O)c1cc(C)cc(/N=N/c2ccc(O)c(CC(=O)O)c2)n1. The number of phenols is 1. The van der Waals surface area contributed by atoms with E-state index < -0.39 is 11.9 Å². The molecular formula is C16H15N3O5. The number of aliphatic carboxylic acids is 1. The number of methoxy groups -OCH3 is 1. The first kappa shape index (κ1) is 17.1. The summed E-state index contributed by atoms with van der Waals surface area (Å²) in [5.74, 6) is -1.56. The number of carboxylic acids is 1. The standard InChI is InChI=1S/C16H15N3O5/c1-9-5-12(16(23)24-2)17-14(6-9)19-18-11-3-4-13(20)10(7-11)8-15(21)22/h3-7,20H,8H2,1-2H3,(H,21,22)/b19-18+. The van der Waals surface area contributed by atoms with Gasteiger partial charge in [-0.05, 0) is 42.8 Å². The van der Waals surface area contributed by atoms with Crippen molar-refractivity contribution in [2.75, 3.05) is 7.11 Å². The Hall–Kier alpha value is -3.29. The number of hydrogen-bond acceptors (Lipinski definition) is 7. The van der Waals surface area contributed by atoms with Gasteiger partial charge in [0.1, 0.15) is 5.75 Å². The summed E-state index contributed by atoms with van der Waals surface area (Å²) in [6.45, 7) is 1.78. The van der Waals surface area contributed by atoms with Crippen LogP contribution >= 0.6 is 0 Å². The fourth-order valence-electron chi connectivity index (χ4n) is 1.96. The first-order chi connectivity index (χ1) is 11.4. The molecule has 0 spiro atoms. The number of carbonyl (C=O) groups is 2. The molecule has 0 fully saturated rings. The summed E-state index contributed by atoms with van der Waals surface area (Å²) in [5.41, 5.74) is 1.46. The molecule has 0 unspecified atom stereocenters. The van der Waals surface area contributed by atoms with Crippen LogP contribution in [0.25, 0.3) is 0 Å². The van der Waals surface area contributed by atoms with Crippen LogP contribution in [0.4, 0.5) is 11.5 Å². The van der Waals surface area contributed by atoms with Gasteiger partial charge in [0.05, 0.1) is 19.2 Å². The fraction of sp³-hybridized carbons (Fsp3) is 0.188. The highest BCUT2D eigenvalue weighted by molar-refractivity contribution is 5.87. The molecule has 0 bridgehead atoms.